The van der Waals surface area contributed by atoms with E-state index in [-0.39, 0.29) is 6.61 Å². The number of aliphatic hydroxyl groups is 1. The Morgan fingerprint density at radius 1 is 1.14 bits per heavy atom. The van der Waals surface area contributed by atoms with Gasteiger partial charge in [-0.25, -0.2) is 0 Å². The summed E-state index contributed by atoms with van der Waals surface area (Å²) >= 11 is 0. The number of rotatable bonds is 3. The number of aliphatic hydroxyl groups excluding tert-OH is 1. The molecule has 1 aromatic rings. The number of nitrogens with zero attached hydrogens (tertiary/aromatic N) is 1. The lowest BCUT2D eigenvalue weighted by molar-refractivity contribution is 0.281. The van der Waals surface area contributed by atoms with Gasteiger partial charge in [-0.3, -0.25) is 4.90 Å². The van der Waals surface area contributed by atoms with Crippen molar-refractivity contribution in [3.8, 4) is 0 Å². The van der Waals surface area contributed by atoms with Gasteiger partial charge in [0.1, 0.15) is 0 Å². The largest absolute Gasteiger partial charge is 0.392 e. The molecule has 0 aliphatic carbocycles. The second kappa shape index (κ2) is 4.58. The summed E-state index contributed by atoms with van der Waals surface area (Å²) in [5.41, 5.74) is 2.33. The van der Waals surface area contributed by atoms with Crippen molar-refractivity contribution in [1.82, 2.24) is 4.90 Å². The van der Waals surface area contributed by atoms with Gasteiger partial charge in [-0.05, 0) is 37.1 Å². The van der Waals surface area contributed by atoms with Gasteiger partial charge in [-0.1, -0.05) is 24.3 Å². The Kier molecular flexibility index (Phi) is 3.17. The minimum absolute atomic E-state index is 0.147. The van der Waals surface area contributed by atoms with Gasteiger partial charge < -0.3 is 5.11 Å². The molecule has 0 spiro atoms. The lowest BCUT2D eigenvalue weighted by Crippen LogP contribution is -2.18. The van der Waals surface area contributed by atoms with E-state index < -0.39 is 0 Å². The number of hydrogen-bond acceptors (Lipinski definition) is 2. The molecule has 1 aromatic carbocycles. The summed E-state index contributed by atoms with van der Waals surface area (Å²) in [7, 11) is 0. The number of hydrogen-bond donors (Lipinski definition) is 1. The highest BCUT2D eigenvalue weighted by molar-refractivity contribution is 5.22. The molecule has 0 saturated carbocycles. The van der Waals surface area contributed by atoms with Crippen LogP contribution in [-0.2, 0) is 13.2 Å². The molecular weight excluding hydrogens is 174 g/mol. The summed E-state index contributed by atoms with van der Waals surface area (Å²) in [6.07, 6.45) is 2.67. The van der Waals surface area contributed by atoms with Gasteiger partial charge in [-0.15, -0.1) is 0 Å². The predicted molar refractivity (Wildman–Crippen MR) is 56.9 cm³/mol. The highest BCUT2D eigenvalue weighted by Crippen LogP contribution is 2.13. The second-order valence-electron chi connectivity index (χ2n) is 3.96. The Labute approximate surface area is 85.2 Å². The standard InChI is InChI=1S/C12H17NO/c14-10-12-5-3-4-11(8-12)9-13-6-1-2-7-13/h3-5,8,14H,1-2,6-7,9-10H2. The van der Waals surface area contributed by atoms with Gasteiger partial charge in [0.15, 0.2) is 0 Å². The van der Waals surface area contributed by atoms with Crippen molar-refractivity contribution in [2.45, 2.75) is 26.0 Å². The molecular formula is C12H17NO. The molecule has 0 unspecified atom stereocenters. The molecule has 1 heterocycles. The van der Waals surface area contributed by atoms with Crippen molar-refractivity contribution in [2.24, 2.45) is 0 Å². The van der Waals surface area contributed by atoms with Crippen LogP contribution in [0.15, 0.2) is 24.3 Å². The van der Waals surface area contributed by atoms with Gasteiger partial charge in [0.2, 0.25) is 0 Å². The van der Waals surface area contributed by atoms with E-state index in [0.717, 1.165) is 12.1 Å². The maximum atomic E-state index is 9.01. The fraction of sp³-hybridized carbons (Fsp3) is 0.500. The number of likely N-dealkylation sites (tertiary alicyclic amines) is 1. The van der Waals surface area contributed by atoms with Gasteiger partial charge in [-0.2, -0.15) is 0 Å². The average molecular weight is 191 g/mol. The first-order valence-corrected chi connectivity index (χ1v) is 5.29. The van der Waals surface area contributed by atoms with Crippen LogP contribution >= 0.6 is 0 Å². The summed E-state index contributed by atoms with van der Waals surface area (Å²) in [5, 5.41) is 9.01. The first-order chi connectivity index (χ1) is 6.88. The summed E-state index contributed by atoms with van der Waals surface area (Å²) in [6, 6.07) is 8.22. The second-order valence-corrected chi connectivity index (χ2v) is 3.96. The van der Waals surface area contributed by atoms with E-state index in [1.807, 2.05) is 12.1 Å². The molecule has 2 heteroatoms. The molecule has 0 aromatic heterocycles. The smallest absolute Gasteiger partial charge is 0.0681 e. The first kappa shape index (κ1) is 9.69. The fourth-order valence-electron chi connectivity index (χ4n) is 2.03. The molecule has 1 aliphatic rings. The quantitative estimate of drug-likeness (QED) is 0.787. The molecule has 1 fully saturated rings. The fourth-order valence-corrected chi connectivity index (χ4v) is 2.03. The van der Waals surface area contributed by atoms with Crippen LogP contribution in [0.2, 0.25) is 0 Å². The van der Waals surface area contributed by atoms with E-state index in [1.165, 1.54) is 31.5 Å². The highest BCUT2D eigenvalue weighted by Gasteiger charge is 2.11. The topological polar surface area (TPSA) is 23.5 Å². The Balaban J connectivity index is 2.00. The molecule has 2 nitrogen and oxygen atoms in total. The van der Waals surface area contributed by atoms with Gasteiger partial charge >= 0.3 is 0 Å². The van der Waals surface area contributed by atoms with Gasteiger partial charge in [0, 0.05) is 6.54 Å². The Morgan fingerprint density at radius 2 is 1.86 bits per heavy atom. The van der Waals surface area contributed by atoms with Crippen molar-refractivity contribution in [3.05, 3.63) is 35.4 Å². The Hall–Kier alpha value is -0.860. The van der Waals surface area contributed by atoms with Crippen LogP contribution in [0.5, 0.6) is 0 Å². The van der Waals surface area contributed by atoms with E-state index in [4.69, 9.17) is 5.11 Å². The SMILES string of the molecule is OCc1cccc(CN2CCCC2)c1. The van der Waals surface area contributed by atoms with Crippen molar-refractivity contribution in [1.29, 1.82) is 0 Å². The zero-order chi connectivity index (χ0) is 9.80. The normalized spacial score (nSPS) is 17.5. The minimum atomic E-state index is 0.147. The monoisotopic (exact) mass is 191 g/mol. The van der Waals surface area contributed by atoms with E-state index in [1.54, 1.807) is 0 Å². The molecule has 0 bridgehead atoms. The van der Waals surface area contributed by atoms with E-state index in [0.29, 0.717) is 0 Å². The molecule has 14 heavy (non-hydrogen) atoms. The van der Waals surface area contributed by atoms with Crippen LogP contribution in [0.25, 0.3) is 0 Å². The van der Waals surface area contributed by atoms with Crippen molar-refractivity contribution in [2.75, 3.05) is 13.1 Å². The zero-order valence-corrected chi connectivity index (χ0v) is 8.45. The van der Waals surface area contributed by atoms with Crippen LogP contribution in [0, 0.1) is 0 Å². The molecule has 0 amide bonds. The third-order valence-corrected chi connectivity index (χ3v) is 2.78. The Bertz CT molecular complexity index is 292. The van der Waals surface area contributed by atoms with Gasteiger partial charge in [0.25, 0.3) is 0 Å². The van der Waals surface area contributed by atoms with E-state index in [9.17, 15) is 0 Å². The molecule has 1 saturated heterocycles. The maximum absolute atomic E-state index is 9.01. The summed E-state index contributed by atoms with van der Waals surface area (Å²) in [5.74, 6) is 0. The maximum Gasteiger partial charge on any atom is 0.0681 e. The summed E-state index contributed by atoms with van der Waals surface area (Å²) in [6.45, 7) is 3.63. The third kappa shape index (κ3) is 2.34. The molecule has 76 valence electrons. The highest BCUT2D eigenvalue weighted by atomic mass is 16.3. The van der Waals surface area contributed by atoms with Crippen LogP contribution in [0.4, 0.5) is 0 Å². The van der Waals surface area contributed by atoms with Crippen LogP contribution in [0.3, 0.4) is 0 Å². The number of benzene rings is 1. The van der Waals surface area contributed by atoms with Crippen LogP contribution in [0.1, 0.15) is 24.0 Å². The van der Waals surface area contributed by atoms with Crippen molar-refractivity contribution in [3.63, 3.8) is 0 Å². The molecule has 1 N–H and O–H groups in total. The predicted octanol–water partition coefficient (Wildman–Crippen LogP) is 1.77. The lowest BCUT2D eigenvalue weighted by Gasteiger charge is -2.14. The molecule has 2 rings (SSSR count). The average Bonchev–Trinajstić information content (AvgIpc) is 2.71. The summed E-state index contributed by atoms with van der Waals surface area (Å²) in [4.78, 5) is 2.47. The lowest BCUT2D eigenvalue weighted by atomic mass is 10.1. The zero-order valence-electron chi connectivity index (χ0n) is 8.45. The van der Waals surface area contributed by atoms with Crippen LogP contribution < -0.4 is 0 Å². The summed E-state index contributed by atoms with van der Waals surface area (Å²) < 4.78 is 0. The van der Waals surface area contributed by atoms with Crippen molar-refractivity contribution < 1.29 is 5.11 Å². The molecule has 1 aliphatic heterocycles. The van der Waals surface area contributed by atoms with E-state index in [2.05, 4.69) is 17.0 Å². The van der Waals surface area contributed by atoms with E-state index >= 15 is 0 Å². The molecule has 0 radical (unpaired) electrons. The van der Waals surface area contributed by atoms with Crippen molar-refractivity contribution >= 4 is 0 Å². The third-order valence-electron chi connectivity index (χ3n) is 2.78. The molecule has 0 atom stereocenters. The van der Waals surface area contributed by atoms with Gasteiger partial charge in [0.05, 0.1) is 6.61 Å². The minimum Gasteiger partial charge on any atom is -0.392 e. The first-order valence-electron chi connectivity index (χ1n) is 5.29. The Morgan fingerprint density at radius 3 is 2.57 bits per heavy atom. The van der Waals surface area contributed by atoms with Crippen LogP contribution in [-0.4, -0.2) is 23.1 Å².